The van der Waals surface area contributed by atoms with E-state index >= 15 is 0 Å². The van der Waals surface area contributed by atoms with E-state index in [1.54, 1.807) is 0 Å². The summed E-state index contributed by atoms with van der Waals surface area (Å²) < 4.78 is 12.6. The van der Waals surface area contributed by atoms with Gasteiger partial charge in [-0.15, -0.1) is 0 Å². The van der Waals surface area contributed by atoms with E-state index in [0.717, 1.165) is 46.7 Å². The van der Waals surface area contributed by atoms with Crippen LogP contribution in [0, 0.1) is 23.7 Å². The molecule has 0 aromatic heterocycles. The van der Waals surface area contributed by atoms with Crippen molar-refractivity contribution in [2.24, 2.45) is 23.7 Å². The average Bonchev–Trinajstić information content (AvgIpc) is 3.53. The molecule has 0 saturated heterocycles. The van der Waals surface area contributed by atoms with Crippen LogP contribution >= 0.6 is 15.8 Å². The van der Waals surface area contributed by atoms with Crippen LogP contribution in [-0.2, 0) is 0 Å². The minimum Gasteiger partial charge on any atom is -0.456 e. The Balaban J connectivity index is 1.03. The summed E-state index contributed by atoms with van der Waals surface area (Å²) in [6, 6.07) is 35.1. The van der Waals surface area contributed by atoms with Crippen molar-refractivity contribution in [1.29, 1.82) is 0 Å². The summed E-state index contributed by atoms with van der Waals surface area (Å²) in [5, 5.41) is 5.76. The number of hydrogen-bond acceptors (Lipinski definition) is 2. The first kappa shape index (κ1) is 22.3. The average molecular weight is 521 g/mol. The van der Waals surface area contributed by atoms with Crippen molar-refractivity contribution in [2.75, 3.05) is 12.3 Å². The summed E-state index contributed by atoms with van der Waals surface area (Å²) in [7, 11) is -0.728. The molecule has 184 valence electrons. The Bertz CT molecular complexity index is 1280. The van der Waals surface area contributed by atoms with Crippen LogP contribution in [0.2, 0.25) is 0 Å². The number of hydrogen-bond donors (Lipinski definition) is 0. The number of ether oxygens (including phenoxy) is 2. The number of rotatable bonds is 4. The molecule has 4 aliphatic rings. The molecule has 4 aromatic carbocycles. The molecule has 2 saturated carbocycles. The third-order valence-electron chi connectivity index (χ3n) is 9.05. The van der Waals surface area contributed by atoms with E-state index in [0.29, 0.717) is 0 Å². The van der Waals surface area contributed by atoms with Crippen LogP contribution in [-0.4, -0.2) is 12.3 Å². The third kappa shape index (κ3) is 3.76. The van der Waals surface area contributed by atoms with Crippen LogP contribution in [0.4, 0.5) is 0 Å². The fourth-order valence-electron chi connectivity index (χ4n) is 7.39. The topological polar surface area (TPSA) is 18.5 Å². The first-order valence-corrected chi connectivity index (χ1v) is 16.6. The van der Waals surface area contributed by atoms with Crippen LogP contribution in [0.25, 0.3) is 0 Å². The largest absolute Gasteiger partial charge is 0.456 e. The summed E-state index contributed by atoms with van der Waals surface area (Å²) in [5.41, 5.74) is 0. The van der Waals surface area contributed by atoms with Gasteiger partial charge in [-0.3, -0.25) is 0 Å². The quantitative estimate of drug-likeness (QED) is 0.267. The van der Waals surface area contributed by atoms with Crippen molar-refractivity contribution in [2.45, 2.75) is 19.3 Å². The molecule has 2 heterocycles. The predicted molar refractivity (Wildman–Crippen MR) is 156 cm³/mol. The molecule has 4 unspecified atom stereocenters. The molecule has 2 fully saturated rings. The summed E-state index contributed by atoms with van der Waals surface area (Å²) in [4.78, 5) is 0. The fourth-order valence-corrected chi connectivity index (χ4v) is 13.1. The van der Waals surface area contributed by atoms with Gasteiger partial charge in [0.05, 0.1) is 0 Å². The highest BCUT2D eigenvalue weighted by Crippen LogP contribution is 2.59. The zero-order valence-corrected chi connectivity index (χ0v) is 22.6. The second kappa shape index (κ2) is 8.97. The highest BCUT2D eigenvalue weighted by Gasteiger charge is 2.48. The van der Waals surface area contributed by atoms with Crippen LogP contribution in [0.3, 0.4) is 0 Å². The predicted octanol–water partition coefficient (Wildman–Crippen LogP) is 7.13. The van der Waals surface area contributed by atoms with E-state index < -0.39 is 0 Å². The van der Waals surface area contributed by atoms with Crippen molar-refractivity contribution < 1.29 is 9.47 Å². The summed E-state index contributed by atoms with van der Waals surface area (Å²) in [6.45, 7) is 0. The van der Waals surface area contributed by atoms with Gasteiger partial charge in [0.25, 0.3) is 0 Å². The maximum Gasteiger partial charge on any atom is 0.135 e. The normalized spacial score (nSPS) is 25.4. The Morgan fingerprint density at radius 1 is 0.459 bits per heavy atom. The maximum atomic E-state index is 6.30. The van der Waals surface area contributed by atoms with Crippen LogP contribution in [0.1, 0.15) is 19.3 Å². The van der Waals surface area contributed by atoms with Crippen LogP contribution < -0.4 is 30.7 Å². The highest BCUT2D eigenvalue weighted by molar-refractivity contribution is 7.74. The van der Waals surface area contributed by atoms with E-state index in [1.165, 1.54) is 52.8 Å². The lowest BCUT2D eigenvalue weighted by molar-refractivity contribution is 0.295. The maximum absolute atomic E-state index is 6.30. The van der Waals surface area contributed by atoms with Crippen LogP contribution in [0.5, 0.6) is 23.0 Å². The van der Waals surface area contributed by atoms with Gasteiger partial charge < -0.3 is 9.47 Å². The minimum atomic E-state index is -0.364. The van der Waals surface area contributed by atoms with E-state index in [4.69, 9.17) is 9.47 Å². The summed E-state index contributed by atoms with van der Waals surface area (Å²) in [6.07, 6.45) is 6.87. The van der Waals surface area contributed by atoms with Gasteiger partial charge in [-0.2, -0.15) is 0 Å². The van der Waals surface area contributed by atoms with Gasteiger partial charge in [-0.1, -0.05) is 72.8 Å². The molecule has 2 nitrogen and oxygen atoms in total. The van der Waals surface area contributed by atoms with Crippen molar-refractivity contribution >= 4 is 37.1 Å². The van der Waals surface area contributed by atoms with Gasteiger partial charge in [-0.25, -0.2) is 0 Å². The molecule has 4 atom stereocenters. The molecule has 37 heavy (non-hydrogen) atoms. The van der Waals surface area contributed by atoms with Crippen molar-refractivity contribution in [3.8, 4) is 23.0 Å². The standard InChI is InChI=1S/C33H30O2P2/c1-5-13-30-26(9-1)34-27-10-2-6-14-31(27)36(30)20-24-18-23-17-22(24)19-25(23)21-37-32-15-7-3-11-28(32)35-29-12-4-8-16-33(29)37/h1-16,22-25H,17-21H2. The van der Waals surface area contributed by atoms with E-state index in [2.05, 4.69) is 97.1 Å². The third-order valence-corrected chi connectivity index (χ3v) is 14.5. The Morgan fingerprint density at radius 3 is 1.11 bits per heavy atom. The monoisotopic (exact) mass is 520 g/mol. The molecule has 0 N–H and O–H groups in total. The van der Waals surface area contributed by atoms with E-state index in [1.807, 2.05) is 0 Å². The second-order valence-electron chi connectivity index (χ2n) is 11.0. The lowest BCUT2D eigenvalue weighted by Crippen LogP contribution is -2.30. The van der Waals surface area contributed by atoms with Crippen molar-refractivity contribution in [3.63, 3.8) is 0 Å². The van der Waals surface area contributed by atoms with Crippen LogP contribution in [0.15, 0.2) is 97.1 Å². The molecule has 0 spiro atoms. The van der Waals surface area contributed by atoms with Gasteiger partial charge in [0.15, 0.2) is 0 Å². The Hall–Kier alpha value is -2.66. The Kier molecular flexibility index (Phi) is 5.42. The van der Waals surface area contributed by atoms with Crippen molar-refractivity contribution in [1.82, 2.24) is 0 Å². The van der Waals surface area contributed by atoms with E-state index in [-0.39, 0.29) is 15.8 Å². The molecule has 8 rings (SSSR count). The Morgan fingerprint density at radius 2 is 0.784 bits per heavy atom. The van der Waals surface area contributed by atoms with Gasteiger partial charge in [0.1, 0.15) is 23.0 Å². The molecular weight excluding hydrogens is 490 g/mol. The molecule has 4 heteroatoms. The number of fused-ring (bicyclic) bond motifs is 6. The molecule has 2 aliphatic heterocycles. The number of benzene rings is 4. The molecule has 0 radical (unpaired) electrons. The van der Waals surface area contributed by atoms with Gasteiger partial charge in [-0.05, 0) is 95.4 Å². The zero-order chi connectivity index (χ0) is 24.3. The van der Waals surface area contributed by atoms with Gasteiger partial charge in [0, 0.05) is 21.2 Å². The smallest absolute Gasteiger partial charge is 0.135 e. The highest BCUT2D eigenvalue weighted by atomic mass is 31.1. The molecule has 2 bridgehead atoms. The zero-order valence-electron chi connectivity index (χ0n) is 20.8. The first-order chi connectivity index (χ1) is 18.3. The van der Waals surface area contributed by atoms with E-state index in [9.17, 15) is 0 Å². The molecule has 4 aromatic rings. The Labute approximate surface area is 221 Å². The SMILES string of the molecule is c1ccc2c(c1)Oc1ccccc1P2CC1CC2CC1CC2CP1c2ccccc2Oc2ccccc21. The van der Waals surface area contributed by atoms with Gasteiger partial charge >= 0.3 is 0 Å². The van der Waals surface area contributed by atoms with Crippen molar-refractivity contribution in [3.05, 3.63) is 97.1 Å². The summed E-state index contributed by atoms with van der Waals surface area (Å²) >= 11 is 0. The first-order valence-electron chi connectivity index (χ1n) is 13.6. The summed E-state index contributed by atoms with van der Waals surface area (Å²) in [5.74, 6) is 7.74. The second-order valence-corrected chi connectivity index (χ2v) is 15.4. The molecule has 2 aliphatic carbocycles. The molecule has 0 amide bonds. The minimum absolute atomic E-state index is 0.364. The number of para-hydroxylation sites is 4. The lowest BCUT2D eigenvalue weighted by Gasteiger charge is -2.36. The van der Waals surface area contributed by atoms with Gasteiger partial charge in [0.2, 0.25) is 0 Å². The molecular formula is C33H30O2P2. The lowest BCUT2D eigenvalue weighted by atomic mass is 9.84. The fraction of sp³-hybridized carbons (Fsp3) is 0.273.